The Hall–Kier alpha value is -3.09. The maximum atomic E-state index is 12.8. The number of aromatic nitrogens is 1. The van der Waals surface area contributed by atoms with Crippen molar-refractivity contribution >= 4 is 23.4 Å². The van der Waals surface area contributed by atoms with E-state index in [1.54, 1.807) is 36.5 Å². The Balaban J connectivity index is 1.37. The van der Waals surface area contributed by atoms with Gasteiger partial charge in [0, 0.05) is 23.5 Å². The number of urea groups is 1. The molecular formula is C23H28N4O3. The molecule has 0 bridgehead atoms. The Labute approximate surface area is 176 Å². The molecule has 7 nitrogen and oxygen atoms in total. The van der Waals surface area contributed by atoms with Gasteiger partial charge in [0.1, 0.15) is 0 Å². The van der Waals surface area contributed by atoms with E-state index >= 15 is 0 Å². The Morgan fingerprint density at radius 2 is 1.83 bits per heavy atom. The lowest BCUT2D eigenvalue weighted by molar-refractivity contribution is 0.102. The lowest BCUT2D eigenvalue weighted by Gasteiger charge is -2.22. The summed E-state index contributed by atoms with van der Waals surface area (Å²) in [7, 11) is 0. The number of carbonyl (C=O) groups excluding carboxylic acids is 2. The van der Waals surface area contributed by atoms with E-state index < -0.39 is 0 Å². The fourth-order valence-electron chi connectivity index (χ4n) is 3.66. The summed E-state index contributed by atoms with van der Waals surface area (Å²) in [6.45, 7) is 0.643. The minimum absolute atomic E-state index is 0.252. The summed E-state index contributed by atoms with van der Waals surface area (Å²) in [4.78, 5) is 29.0. The van der Waals surface area contributed by atoms with Crippen LogP contribution in [0.3, 0.4) is 0 Å². The van der Waals surface area contributed by atoms with Crippen LogP contribution in [0.25, 0.3) is 0 Å². The summed E-state index contributed by atoms with van der Waals surface area (Å²) >= 11 is 0. The summed E-state index contributed by atoms with van der Waals surface area (Å²) in [5.74, 6) is 1.24. The zero-order valence-electron chi connectivity index (χ0n) is 17.0. The van der Waals surface area contributed by atoms with Crippen molar-refractivity contribution in [3.63, 3.8) is 0 Å². The van der Waals surface area contributed by atoms with Gasteiger partial charge >= 0.3 is 6.03 Å². The third kappa shape index (κ3) is 5.72. The summed E-state index contributed by atoms with van der Waals surface area (Å²) < 4.78 is 5.99. The van der Waals surface area contributed by atoms with Gasteiger partial charge in [-0.3, -0.25) is 4.79 Å². The minimum atomic E-state index is -0.303. The fraction of sp³-hybridized carbons (Fsp3) is 0.435. The predicted octanol–water partition coefficient (Wildman–Crippen LogP) is 4.58. The van der Waals surface area contributed by atoms with Crippen molar-refractivity contribution in [2.45, 2.75) is 51.0 Å². The number of benzene rings is 1. The standard InChI is InChI=1S/C23H28N4O3/c28-22(17-8-4-9-19(14-17)26-23(29)25-18-11-12-18)27-21-20(10-5-13-24-21)30-15-16-6-2-1-3-7-16/h4-5,8-10,13-14,16,18H,1-3,6-7,11-12,15H2,(H,24,27,28)(H2,25,26,29). The largest absolute Gasteiger partial charge is 0.489 e. The lowest BCUT2D eigenvalue weighted by Crippen LogP contribution is -2.30. The average molecular weight is 409 g/mol. The molecule has 1 aromatic heterocycles. The molecule has 158 valence electrons. The van der Waals surface area contributed by atoms with E-state index in [0.29, 0.717) is 35.3 Å². The molecule has 3 N–H and O–H groups in total. The molecule has 3 amide bonds. The van der Waals surface area contributed by atoms with Crippen LogP contribution in [0.5, 0.6) is 5.75 Å². The smallest absolute Gasteiger partial charge is 0.319 e. The Morgan fingerprint density at radius 3 is 2.63 bits per heavy atom. The second-order valence-electron chi connectivity index (χ2n) is 8.07. The molecule has 0 aliphatic heterocycles. The van der Waals surface area contributed by atoms with E-state index in [0.717, 1.165) is 12.8 Å². The molecular weight excluding hydrogens is 380 g/mol. The third-order valence-electron chi connectivity index (χ3n) is 5.50. The first kappa shape index (κ1) is 20.2. The van der Waals surface area contributed by atoms with Crippen molar-refractivity contribution in [3.05, 3.63) is 48.2 Å². The van der Waals surface area contributed by atoms with E-state index in [2.05, 4.69) is 20.9 Å². The maximum Gasteiger partial charge on any atom is 0.319 e. The van der Waals surface area contributed by atoms with Crippen molar-refractivity contribution in [2.75, 3.05) is 17.2 Å². The first-order valence-electron chi connectivity index (χ1n) is 10.7. The number of amides is 3. The van der Waals surface area contributed by atoms with Crippen molar-refractivity contribution in [3.8, 4) is 5.75 Å². The molecule has 2 aliphatic rings. The molecule has 0 spiro atoms. The van der Waals surface area contributed by atoms with Crippen LogP contribution in [-0.2, 0) is 0 Å². The first-order chi connectivity index (χ1) is 14.7. The second kappa shape index (κ2) is 9.61. The van der Waals surface area contributed by atoms with E-state index in [9.17, 15) is 9.59 Å². The van der Waals surface area contributed by atoms with Crippen molar-refractivity contribution in [2.24, 2.45) is 5.92 Å². The van der Waals surface area contributed by atoms with Crippen LogP contribution >= 0.6 is 0 Å². The molecule has 0 atom stereocenters. The summed E-state index contributed by atoms with van der Waals surface area (Å²) in [5.41, 5.74) is 0.999. The van der Waals surface area contributed by atoms with E-state index in [4.69, 9.17) is 4.74 Å². The molecule has 0 unspecified atom stereocenters. The normalized spacial score (nSPS) is 16.5. The zero-order chi connectivity index (χ0) is 20.8. The van der Waals surface area contributed by atoms with Gasteiger partial charge in [-0.15, -0.1) is 0 Å². The number of hydrogen-bond acceptors (Lipinski definition) is 4. The highest BCUT2D eigenvalue weighted by Gasteiger charge is 2.23. The van der Waals surface area contributed by atoms with E-state index in [1.165, 1.54) is 32.1 Å². The molecule has 2 saturated carbocycles. The number of ether oxygens (including phenoxy) is 1. The molecule has 1 aromatic carbocycles. The van der Waals surface area contributed by atoms with Gasteiger partial charge in [-0.1, -0.05) is 25.3 Å². The van der Waals surface area contributed by atoms with Gasteiger partial charge in [-0.2, -0.15) is 0 Å². The van der Waals surface area contributed by atoms with Crippen LogP contribution in [0.4, 0.5) is 16.3 Å². The Kier molecular flexibility index (Phi) is 6.47. The van der Waals surface area contributed by atoms with Crippen molar-refractivity contribution < 1.29 is 14.3 Å². The molecule has 7 heteroatoms. The molecule has 4 rings (SSSR count). The topological polar surface area (TPSA) is 92.4 Å². The minimum Gasteiger partial charge on any atom is -0.489 e. The highest BCUT2D eigenvalue weighted by molar-refractivity contribution is 6.05. The monoisotopic (exact) mass is 408 g/mol. The van der Waals surface area contributed by atoms with Crippen LogP contribution in [0.1, 0.15) is 55.3 Å². The predicted molar refractivity (Wildman–Crippen MR) is 116 cm³/mol. The summed E-state index contributed by atoms with van der Waals surface area (Å²) in [5, 5.41) is 8.47. The second-order valence-corrected chi connectivity index (χ2v) is 8.07. The quantitative estimate of drug-likeness (QED) is 0.625. The molecule has 30 heavy (non-hydrogen) atoms. The Bertz CT molecular complexity index is 892. The van der Waals surface area contributed by atoms with Gasteiger partial charge < -0.3 is 20.7 Å². The maximum absolute atomic E-state index is 12.8. The van der Waals surface area contributed by atoms with Crippen LogP contribution in [0, 0.1) is 5.92 Å². The van der Waals surface area contributed by atoms with Crippen molar-refractivity contribution in [1.29, 1.82) is 0 Å². The van der Waals surface area contributed by atoms with Crippen LogP contribution in [0.15, 0.2) is 42.6 Å². The van der Waals surface area contributed by atoms with Gasteiger partial charge in [-0.05, 0) is 61.9 Å². The molecule has 0 radical (unpaired) electrons. The fourth-order valence-corrected chi connectivity index (χ4v) is 3.66. The van der Waals surface area contributed by atoms with Gasteiger partial charge in [0.05, 0.1) is 6.61 Å². The zero-order valence-corrected chi connectivity index (χ0v) is 17.0. The number of carbonyl (C=O) groups is 2. The number of anilines is 2. The molecule has 1 heterocycles. The third-order valence-corrected chi connectivity index (χ3v) is 5.50. The van der Waals surface area contributed by atoms with Crippen LogP contribution in [-0.4, -0.2) is 29.6 Å². The van der Waals surface area contributed by atoms with Gasteiger partial charge in [0.2, 0.25) is 0 Å². The van der Waals surface area contributed by atoms with E-state index in [1.807, 2.05) is 6.07 Å². The molecule has 2 fully saturated rings. The van der Waals surface area contributed by atoms with Gasteiger partial charge in [0.25, 0.3) is 5.91 Å². The van der Waals surface area contributed by atoms with Gasteiger partial charge in [0.15, 0.2) is 11.6 Å². The SMILES string of the molecule is O=C(Nc1cccc(C(=O)Nc2ncccc2OCC2CCCCC2)c1)NC1CC1. The van der Waals surface area contributed by atoms with Gasteiger partial charge in [-0.25, -0.2) is 9.78 Å². The van der Waals surface area contributed by atoms with E-state index in [-0.39, 0.29) is 18.0 Å². The number of pyridine rings is 1. The number of nitrogens with zero attached hydrogens (tertiary/aromatic N) is 1. The lowest BCUT2D eigenvalue weighted by atomic mass is 9.90. The van der Waals surface area contributed by atoms with Crippen LogP contribution < -0.4 is 20.7 Å². The Morgan fingerprint density at radius 1 is 1.00 bits per heavy atom. The average Bonchev–Trinajstić information content (AvgIpc) is 3.58. The number of rotatable bonds is 7. The first-order valence-corrected chi connectivity index (χ1v) is 10.7. The highest BCUT2D eigenvalue weighted by atomic mass is 16.5. The number of hydrogen-bond donors (Lipinski definition) is 3. The van der Waals surface area contributed by atoms with Crippen LogP contribution in [0.2, 0.25) is 0 Å². The molecule has 2 aromatic rings. The van der Waals surface area contributed by atoms with Crippen molar-refractivity contribution in [1.82, 2.24) is 10.3 Å². The highest BCUT2D eigenvalue weighted by Crippen LogP contribution is 2.27. The molecule has 0 saturated heterocycles. The number of nitrogens with one attached hydrogen (secondary N) is 3. The molecule has 2 aliphatic carbocycles. The summed E-state index contributed by atoms with van der Waals surface area (Å²) in [6, 6.07) is 10.5. The summed E-state index contributed by atoms with van der Waals surface area (Å²) in [6.07, 6.45) is 9.87.